The minimum atomic E-state index is -4.60. The highest BCUT2D eigenvalue weighted by Gasteiger charge is 2.32. The van der Waals surface area contributed by atoms with Crippen LogP contribution < -0.4 is 15.2 Å². The largest absolute Gasteiger partial charge is 0.493 e. The van der Waals surface area contributed by atoms with Crippen LogP contribution in [0.1, 0.15) is 29.2 Å². The summed E-state index contributed by atoms with van der Waals surface area (Å²) in [4.78, 5) is 13.9. The van der Waals surface area contributed by atoms with Gasteiger partial charge in [-0.3, -0.25) is 14.2 Å². The number of amides is 1. The van der Waals surface area contributed by atoms with Gasteiger partial charge >= 0.3 is 0 Å². The van der Waals surface area contributed by atoms with Crippen LogP contribution in [0, 0.1) is 0 Å². The molecule has 0 aromatic heterocycles. The standard InChI is InChI=1S/C24H25ClN2O6S.ClH/c1-32-20-10-14-8-9-27(13-15(14)11-21(20)33-2)19(12-23(26)28)24-17-4-3-5-18(25)16(17)6-7-22(24)34(29,30)31;/h3-7,10-11,19H,8-9,12-13H2,1-2H3,(H2,26,28)(H,29,30,31);1H. The van der Waals surface area contributed by atoms with Gasteiger partial charge in [-0.25, -0.2) is 0 Å². The highest BCUT2D eigenvalue weighted by atomic mass is 35.5. The van der Waals surface area contributed by atoms with Gasteiger partial charge in [-0.15, -0.1) is 12.4 Å². The lowest BCUT2D eigenvalue weighted by molar-refractivity contribution is -0.119. The van der Waals surface area contributed by atoms with Gasteiger partial charge in [-0.1, -0.05) is 29.8 Å². The normalized spacial score (nSPS) is 14.6. The van der Waals surface area contributed by atoms with Gasteiger partial charge < -0.3 is 15.2 Å². The molecule has 3 aromatic rings. The summed E-state index contributed by atoms with van der Waals surface area (Å²) < 4.78 is 45.6. The van der Waals surface area contributed by atoms with Gasteiger partial charge in [0.05, 0.1) is 19.1 Å². The van der Waals surface area contributed by atoms with Crippen molar-refractivity contribution < 1.29 is 27.2 Å². The lowest BCUT2D eigenvalue weighted by Gasteiger charge is -2.37. The molecule has 1 aliphatic heterocycles. The van der Waals surface area contributed by atoms with Gasteiger partial charge in [0.1, 0.15) is 0 Å². The molecule has 0 spiro atoms. The van der Waals surface area contributed by atoms with Gasteiger partial charge in [0.15, 0.2) is 11.5 Å². The van der Waals surface area contributed by atoms with Crippen molar-refractivity contribution in [3.8, 4) is 11.5 Å². The summed E-state index contributed by atoms with van der Waals surface area (Å²) in [6, 6.07) is 11.1. The second-order valence-corrected chi connectivity index (χ2v) is 9.97. The van der Waals surface area contributed by atoms with Crippen LogP contribution in [0.25, 0.3) is 10.8 Å². The van der Waals surface area contributed by atoms with E-state index in [9.17, 15) is 17.8 Å². The molecule has 188 valence electrons. The number of nitrogens with two attached hydrogens (primary N) is 1. The van der Waals surface area contributed by atoms with E-state index in [1.54, 1.807) is 38.5 Å². The summed E-state index contributed by atoms with van der Waals surface area (Å²) in [7, 11) is -1.47. The van der Waals surface area contributed by atoms with E-state index >= 15 is 0 Å². The molecule has 1 amide bonds. The van der Waals surface area contributed by atoms with Crippen LogP contribution in [0.15, 0.2) is 47.4 Å². The van der Waals surface area contributed by atoms with E-state index in [1.807, 2.05) is 17.0 Å². The Morgan fingerprint density at radius 3 is 2.37 bits per heavy atom. The molecule has 35 heavy (non-hydrogen) atoms. The number of hydrogen-bond donors (Lipinski definition) is 2. The number of nitrogens with zero attached hydrogens (tertiary/aromatic N) is 1. The molecule has 1 heterocycles. The van der Waals surface area contributed by atoms with Crippen molar-refractivity contribution in [2.24, 2.45) is 5.73 Å². The van der Waals surface area contributed by atoms with Gasteiger partial charge in [0.25, 0.3) is 10.1 Å². The number of carbonyl (C=O) groups excluding carboxylic acids is 1. The molecule has 0 saturated heterocycles. The van der Waals surface area contributed by atoms with Crippen molar-refractivity contribution >= 4 is 50.8 Å². The highest BCUT2D eigenvalue weighted by Crippen LogP contribution is 2.41. The first-order valence-electron chi connectivity index (χ1n) is 10.6. The average molecular weight is 541 g/mol. The molecule has 0 radical (unpaired) electrons. The van der Waals surface area contributed by atoms with E-state index in [-0.39, 0.29) is 23.7 Å². The van der Waals surface area contributed by atoms with Gasteiger partial charge in [-0.2, -0.15) is 8.42 Å². The number of primary amides is 1. The maximum atomic E-state index is 12.4. The topological polar surface area (TPSA) is 119 Å². The Bertz CT molecular complexity index is 1380. The molecular formula is C24H26Cl2N2O6S. The van der Waals surface area contributed by atoms with Crippen LogP contribution in [-0.2, 0) is 27.9 Å². The number of rotatable bonds is 7. The third-order valence-electron chi connectivity index (χ3n) is 6.20. The van der Waals surface area contributed by atoms with Crippen molar-refractivity contribution in [1.82, 2.24) is 4.90 Å². The maximum Gasteiger partial charge on any atom is 0.294 e. The zero-order valence-corrected chi connectivity index (χ0v) is 21.5. The van der Waals surface area contributed by atoms with E-state index in [0.29, 0.717) is 52.4 Å². The van der Waals surface area contributed by atoms with E-state index in [4.69, 9.17) is 26.8 Å². The molecule has 1 unspecified atom stereocenters. The van der Waals surface area contributed by atoms with E-state index < -0.39 is 22.1 Å². The quantitative estimate of drug-likeness (QED) is 0.432. The summed E-state index contributed by atoms with van der Waals surface area (Å²) in [5.41, 5.74) is 7.94. The molecule has 0 aliphatic carbocycles. The summed E-state index contributed by atoms with van der Waals surface area (Å²) in [5.74, 6) is 0.606. The van der Waals surface area contributed by atoms with E-state index in [1.165, 1.54) is 6.07 Å². The zero-order chi connectivity index (χ0) is 24.6. The molecule has 0 saturated carbocycles. The number of ether oxygens (including phenoxy) is 2. The fourth-order valence-corrected chi connectivity index (χ4v) is 5.67. The van der Waals surface area contributed by atoms with Crippen molar-refractivity contribution in [2.75, 3.05) is 20.8 Å². The maximum absolute atomic E-state index is 12.4. The lowest BCUT2D eigenvalue weighted by atomic mass is 9.91. The fourth-order valence-electron chi connectivity index (χ4n) is 4.67. The first kappa shape index (κ1) is 27.0. The third kappa shape index (κ3) is 5.34. The Labute approximate surface area is 215 Å². The molecular weight excluding hydrogens is 515 g/mol. The van der Waals surface area contributed by atoms with Crippen molar-refractivity contribution in [2.45, 2.75) is 30.3 Å². The number of methoxy groups -OCH3 is 2. The van der Waals surface area contributed by atoms with Crippen LogP contribution in [-0.4, -0.2) is 44.5 Å². The molecule has 3 N–H and O–H groups in total. The van der Waals surface area contributed by atoms with Gasteiger partial charge in [-0.05, 0) is 52.8 Å². The van der Waals surface area contributed by atoms with Crippen molar-refractivity contribution in [1.29, 1.82) is 0 Å². The molecule has 1 aliphatic rings. The predicted octanol–water partition coefficient (Wildman–Crippen LogP) is 4.15. The first-order chi connectivity index (χ1) is 16.1. The summed E-state index contributed by atoms with van der Waals surface area (Å²) in [6.45, 7) is 0.942. The minimum absolute atomic E-state index is 0. The number of hydrogen-bond acceptors (Lipinski definition) is 6. The Morgan fingerprint density at radius 2 is 1.77 bits per heavy atom. The third-order valence-corrected chi connectivity index (χ3v) is 7.45. The van der Waals surface area contributed by atoms with Crippen LogP contribution in [0.2, 0.25) is 5.02 Å². The minimum Gasteiger partial charge on any atom is -0.493 e. The van der Waals surface area contributed by atoms with Crippen LogP contribution in [0.3, 0.4) is 0 Å². The number of carbonyl (C=O) groups is 1. The molecule has 1 atom stereocenters. The Balaban J connectivity index is 0.00000342. The smallest absolute Gasteiger partial charge is 0.294 e. The van der Waals surface area contributed by atoms with Gasteiger partial charge in [0, 0.05) is 36.0 Å². The summed E-state index contributed by atoms with van der Waals surface area (Å²) in [6.07, 6.45) is 0.494. The highest BCUT2D eigenvalue weighted by molar-refractivity contribution is 7.85. The van der Waals surface area contributed by atoms with Crippen LogP contribution in [0.4, 0.5) is 0 Å². The van der Waals surface area contributed by atoms with Crippen molar-refractivity contribution in [3.05, 3.63) is 64.2 Å². The monoisotopic (exact) mass is 540 g/mol. The summed E-state index contributed by atoms with van der Waals surface area (Å²) >= 11 is 6.38. The first-order valence-corrected chi connectivity index (χ1v) is 12.4. The van der Waals surface area contributed by atoms with Gasteiger partial charge in [0.2, 0.25) is 5.91 Å². The Kier molecular flexibility index (Phi) is 8.18. The van der Waals surface area contributed by atoms with Crippen LogP contribution >= 0.6 is 24.0 Å². The number of halogens is 2. The van der Waals surface area contributed by atoms with E-state index in [0.717, 1.165) is 11.1 Å². The average Bonchev–Trinajstić information content (AvgIpc) is 2.80. The lowest BCUT2D eigenvalue weighted by Crippen LogP contribution is -2.37. The molecule has 0 fully saturated rings. The SMILES string of the molecule is COc1cc2c(cc1OC)CN(C(CC(N)=O)c1c(S(=O)(=O)O)ccc3c(Cl)cccc13)CC2.Cl. The predicted molar refractivity (Wildman–Crippen MR) is 136 cm³/mol. The Hall–Kier alpha value is -2.56. The number of benzene rings is 3. The summed E-state index contributed by atoms with van der Waals surface area (Å²) in [5, 5.41) is 1.58. The van der Waals surface area contributed by atoms with E-state index in [2.05, 4.69) is 0 Å². The molecule has 8 nitrogen and oxygen atoms in total. The Morgan fingerprint density at radius 1 is 1.11 bits per heavy atom. The molecule has 11 heteroatoms. The zero-order valence-electron chi connectivity index (χ0n) is 19.2. The number of fused-ring (bicyclic) bond motifs is 2. The van der Waals surface area contributed by atoms with Crippen molar-refractivity contribution in [3.63, 3.8) is 0 Å². The second kappa shape index (κ2) is 10.6. The molecule has 0 bridgehead atoms. The molecule has 4 rings (SSSR count). The second-order valence-electron chi connectivity index (χ2n) is 8.17. The fraction of sp³-hybridized carbons (Fsp3) is 0.292. The van der Waals surface area contributed by atoms with Crippen LogP contribution in [0.5, 0.6) is 11.5 Å². The molecule has 3 aromatic carbocycles.